The van der Waals surface area contributed by atoms with E-state index >= 15 is 0 Å². The van der Waals surface area contributed by atoms with Crippen molar-refractivity contribution in [2.24, 2.45) is 0 Å². The van der Waals surface area contributed by atoms with Crippen molar-refractivity contribution >= 4 is 11.8 Å². The fraction of sp³-hybridized carbons (Fsp3) is 0.294. The van der Waals surface area contributed by atoms with Gasteiger partial charge in [-0.25, -0.2) is 4.39 Å². The number of furan rings is 1. The van der Waals surface area contributed by atoms with Crippen molar-refractivity contribution in [3.8, 4) is 0 Å². The number of hydrogen-bond donors (Lipinski definition) is 1. The molecule has 0 spiro atoms. The highest BCUT2D eigenvalue weighted by Gasteiger charge is 2.36. The molecule has 0 aliphatic carbocycles. The van der Waals surface area contributed by atoms with E-state index in [0.717, 1.165) is 5.56 Å². The number of amides is 2. The SMILES string of the molecule is O=C(NCc1ccc(F)cc1)C1CCC(=O)N1Cc1ccco1. The number of carbonyl (C=O) groups excluding carboxylic acids is 2. The smallest absolute Gasteiger partial charge is 0.243 e. The van der Waals surface area contributed by atoms with Crippen LogP contribution in [0.15, 0.2) is 47.1 Å². The summed E-state index contributed by atoms with van der Waals surface area (Å²) in [5, 5.41) is 2.80. The van der Waals surface area contributed by atoms with E-state index in [1.165, 1.54) is 12.1 Å². The number of hydrogen-bond acceptors (Lipinski definition) is 3. The van der Waals surface area contributed by atoms with Crippen molar-refractivity contribution in [3.63, 3.8) is 0 Å². The Morgan fingerprint density at radius 2 is 2.09 bits per heavy atom. The van der Waals surface area contributed by atoms with Crippen LogP contribution in [0.1, 0.15) is 24.2 Å². The van der Waals surface area contributed by atoms with Gasteiger partial charge < -0.3 is 14.6 Å². The predicted molar refractivity (Wildman–Crippen MR) is 80.5 cm³/mol. The molecule has 0 saturated carbocycles. The molecule has 6 heteroatoms. The van der Waals surface area contributed by atoms with Gasteiger partial charge in [0.15, 0.2) is 0 Å². The number of carbonyl (C=O) groups is 2. The number of nitrogens with one attached hydrogen (secondary N) is 1. The second-order valence-corrected chi connectivity index (χ2v) is 5.50. The van der Waals surface area contributed by atoms with Gasteiger partial charge in [-0.2, -0.15) is 0 Å². The summed E-state index contributed by atoms with van der Waals surface area (Å²) >= 11 is 0. The zero-order chi connectivity index (χ0) is 16.2. The topological polar surface area (TPSA) is 62.6 Å². The lowest BCUT2D eigenvalue weighted by Gasteiger charge is -2.23. The number of benzene rings is 1. The molecule has 2 heterocycles. The van der Waals surface area contributed by atoms with Gasteiger partial charge in [-0.05, 0) is 36.2 Å². The molecule has 1 N–H and O–H groups in total. The highest BCUT2D eigenvalue weighted by Crippen LogP contribution is 2.22. The average Bonchev–Trinajstić information content (AvgIpc) is 3.18. The molecule has 1 aromatic heterocycles. The Kier molecular flexibility index (Phi) is 4.41. The van der Waals surface area contributed by atoms with Gasteiger partial charge in [-0.1, -0.05) is 12.1 Å². The first-order valence-corrected chi connectivity index (χ1v) is 7.47. The van der Waals surface area contributed by atoms with Crippen LogP contribution in [0.25, 0.3) is 0 Å². The molecule has 23 heavy (non-hydrogen) atoms. The first-order chi connectivity index (χ1) is 11.1. The first-order valence-electron chi connectivity index (χ1n) is 7.47. The molecule has 120 valence electrons. The van der Waals surface area contributed by atoms with E-state index < -0.39 is 6.04 Å². The Bertz CT molecular complexity index is 682. The average molecular weight is 316 g/mol. The summed E-state index contributed by atoms with van der Waals surface area (Å²) in [5.74, 6) is 0.0812. The highest BCUT2D eigenvalue weighted by atomic mass is 19.1. The fourth-order valence-corrected chi connectivity index (χ4v) is 2.68. The zero-order valence-electron chi connectivity index (χ0n) is 12.5. The number of halogens is 1. The minimum Gasteiger partial charge on any atom is -0.467 e. The maximum Gasteiger partial charge on any atom is 0.243 e. The molecular weight excluding hydrogens is 299 g/mol. The van der Waals surface area contributed by atoms with Crippen molar-refractivity contribution in [2.45, 2.75) is 32.0 Å². The van der Waals surface area contributed by atoms with Gasteiger partial charge in [0.25, 0.3) is 0 Å². The molecule has 1 atom stereocenters. The molecule has 0 radical (unpaired) electrons. The second-order valence-electron chi connectivity index (χ2n) is 5.50. The maximum atomic E-state index is 12.9. The Hall–Kier alpha value is -2.63. The summed E-state index contributed by atoms with van der Waals surface area (Å²) in [6, 6.07) is 8.98. The maximum absolute atomic E-state index is 12.9. The van der Waals surface area contributed by atoms with Crippen molar-refractivity contribution in [3.05, 3.63) is 59.8 Å². The molecule has 2 amide bonds. The first kappa shape index (κ1) is 15.3. The van der Waals surface area contributed by atoms with Gasteiger partial charge >= 0.3 is 0 Å². The molecule has 1 aliphatic heterocycles. The second kappa shape index (κ2) is 6.64. The molecule has 5 nitrogen and oxygen atoms in total. The molecule has 0 bridgehead atoms. The summed E-state index contributed by atoms with van der Waals surface area (Å²) in [4.78, 5) is 25.9. The summed E-state index contributed by atoms with van der Waals surface area (Å²) in [7, 11) is 0. The standard InChI is InChI=1S/C17H17FN2O3/c18-13-5-3-12(4-6-13)10-19-17(22)15-7-8-16(21)20(15)11-14-2-1-9-23-14/h1-6,9,15H,7-8,10-11H2,(H,19,22). The normalized spacial score (nSPS) is 17.5. The molecule has 1 unspecified atom stereocenters. The molecule has 1 aromatic carbocycles. The summed E-state index contributed by atoms with van der Waals surface area (Å²) < 4.78 is 18.1. The summed E-state index contributed by atoms with van der Waals surface area (Å²) in [6.07, 6.45) is 2.39. The summed E-state index contributed by atoms with van der Waals surface area (Å²) in [5.41, 5.74) is 0.807. The van der Waals surface area contributed by atoms with Crippen LogP contribution in [-0.2, 0) is 22.7 Å². The van der Waals surface area contributed by atoms with Crippen LogP contribution in [0.4, 0.5) is 4.39 Å². The van der Waals surface area contributed by atoms with Crippen LogP contribution in [0.5, 0.6) is 0 Å². The molecule has 1 fully saturated rings. The Morgan fingerprint density at radius 1 is 1.30 bits per heavy atom. The Labute approximate surface area is 133 Å². The van der Waals surface area contributed by atoms with Gasteiger partial charge in [0, 0.05) is 13.0 Å². The largest absolute Gasteiger partial charge is 0.467 e. The van der Waals surface area contributed by atoms with Gasteiger partial charge in [0.2, 0.25) is 11.8 Å². The van der Waals surface area contributed by atoms with Gasteiger partial charge in [0.1, 0.15) is 17.6 Å². The van der Waals surface area contributed by atoms with Gasteiger partial charge in [0.05, 0.1) is 12.8 Å². The van der Waals surface area contributed by atoms with Crippen LogP contribution >= 0.6 is 0 Å². The van der Waals surface area contributed by atoms with E-state index in [2.05, 4.69) is 5.32 Å². The van der Waals surface area contributed by atoms with Crippen molar-refractivity contribution in [2.75, 3.05) is 0 Å². The number of nitrogens with zero attached hydrogens (tertiary/aromatic N) is 1. The fourth-order valence-electron chi connectivity index (χ4n) is 2.68. The van der Waals surface area contributed by atoms with E-state index in [9.17, 15) is 14.0 Å². The summed E-state index contributed by atoms with van der Waals surface area (Å²) in [6.45, 7) is 0.596. The number of likely N-dealkylation sites (tertiary alicyclic amines) is 1. The lowest BCUT2D eigenvalue weighted by molar-refractivity contribution is -0.136. The van der Waals surface area contributed by atoms with Crippen LogP contribution in [0, 0.1) is 5.82 Å². The lowest BCUT2D eigenvalue weighted by Crippen LogP contribution is -2.44. The molecular formula is C17H17FN2O3. The van der Waals surface area contributed by atoms with Crippen LogP contribution in [-0.4, -0.2) is 22.8 Å². The lowest BCUT2D eigenvalue weighted by atomic mass is 10.2. The van der Waals surface area contributed by atoms with Crippen molar-refractivity contribution in [1.29, 1.82) is 0 Å². The van der Waals surface area contributed by atoms with E-state index in [0.29, 0.717) is 31.7 Å². The minimum absolute atomic E-state index is 0.0525. The quantitative estimate of drug-likeness (QED) is 0.920. The van der Waals surface area contributed by atoms with E-state index in [4.69, 9.17) is 4.42 Å². The molecule has 3 rings (SSSR count). The van der Waals surface area contributed by atoms with Crippen molar-refractivity contribution in [1.82, 2.24) is 10.2 Å². The van der Waals surface area contributed by atoms with Crippen molar-refractivity contribution < 1.29 is 18.4 Å². The van der Waals surface area contributed by atoms with Crippen LogP contribution in [0.3, 0.4) is 0 Å². The van der Waals surface area contributed by atoms with Crippen LogP contribution in [0.2, 0.25) is 0 Å². The van der Waals surface area contributed by atoms with E-state index in [1.807, 2.05) is 0 Å². The van der Waals surface area contributed by atoms with E-state index in [1.54, 1.807) is 35.4 Å². The monoisotopic (exact) mass is 316 g/mol. The highest BCUT2D eigenvalue weighted by molar-refractivity contribution is 5.90. The van der Waals surface area contributed by atoms with Gasteiger partial charge in [-0.15, -0.1) is 0 Å². The van der Waals surface area contributed by atoms with E-state index in [-0.39, 0.29) is 17.6 Å². The minimum atomic E-state index is -0.493. The Morgan fingerprint density at radius 3 is 2.78 bits per heavy atom. The zero-order valence-corrected chi connectivity index (χ0v) is 12.5. The third kappa shape index (κ3) is 3.59. The Balaban J connectivity index is 1.61. The molecule has 1 saturated heterocycles. The third-order valence-corrected chi connectivity index (χ3v) is 3.92. The van der Waals surface area contributed by atoms with Crippen LogP contribution < -0.4 is 5.32 Å². The molecule has 1 aliphatic rings. The molecule has 2 aromatic rings. The third-order valence-electron chi connectivity index (χ3n) is 3.92. The number of rotatable bonds is 5. The predicted octanol–water partition coefficient (Wildman–Crippen LogP) is 2.23. The van der Waals surface area contributed by atoms with Gasteiger partial charge in [-0.3, -0.25) is 9.59 Å².